The highest BCUT2D eigenvalue weighted by molar-refractivity contribution is 7.92. The molecule has 0 saturated carbocycles. The van der Waals surface area contributed by atoms with Crippen molar-refractivity contribution in [3.8, 4) is 11.5 Å². The van der Waals surface area contributed by atoms with Crippen LogP contribution < -0.4 is 19.1 Å². The van der Waals surface area contributed by atoms with Crippen molar-refractivity contribution in [2.75, 3.05) is 37.1 Å². The lowest BCUT2D eigenvalue weighted by molar-refractivity contribution is -0.127. The molecule has 2 heterocycles. The van der Waals surface area contributed by atoms with E-state index in [1.807, 2.05) is 0 Å². The highest BCUT2D eigenvalue weighted by Gasteiger charge is 2.37. The van der Waals surface area contributed by atoms with Crippen molar-refractivity contribution in [3.05, 3.63) is 78.9 Å². The summed E-state index contributed by atoms with van der Waals surface area (Å²) in [7, 11) is -7.44. The number of para-hydroxylation sites is 2. The first kappa shape index (κ1) is 27.9. The van der Waals surface area contributed by atoms with Gasteiger partial charge in [-0.15, -0.1) is 0 Å². The Kier molecular flexibility index (Phi) is 8.29. The van der Waals surface area contributed by atoms with Gasteiger partial charge >= 0.3 is 0 Å². The maximum Gasteiger partial charge on any atom is 0.264 e. The smallest absolute Gasteiger partial charge is 0.264 e. The van der Waals surface area contributed by atoms with Crippen molar-refractivity contribution >= 4 is 31.6 Å². The van der Waals surface area contributed by atoms with Gasteiger partial charge in [0.2, 0.25) is 10.0 Å². The molecule has 0 bridgehead atoms. The summed E-state index contributed by atoms with van der Waals surface area (Å²) in [5.74, 6) is 0.286. The van der Waals surface area contributed by atoms with E-state index < -0.39 is 32.1 Å². The third-order valence-electron chi connectivity index (χ3n) is 6.81. The van der Waals surface area contributed by atoms with E-state index in [4.69, 9.17) is 9.47 Å². The average Bonchev–Trinajstić information content (AvgIpc) is 2.99. The second-order valence-electron chi connectivity index (χ2n) is 9.50. The van der Waals surface area contributed by atoms with Crippen LogP contribution in [0, 0.1) is 0 Å². The molecule has 1 atom stereocenters. The Balaban J connectivity index is 1.18. The molecule has 5 rings (SSSR count). The number of piperidine rings is 1. The van der Waals surface area contributed by atoms with Gasteiger partial charge in [0.15, 0.2) is 6.10 Å². The Morgan fingerprint density at radius 1 is 0.825 bits per heavy atom. The molecule has 0 radical (unpaired) electrons. The summed E-state index contributed by atoms with van der Waals surface area (Å²) in [6, 6.07) is 20.9. The molecule has 0 unspecified atom stereocenters. The van der Waals surface area contributed by atoms with Crippen molar-refractivity contribution in [2.45, 2.75) is 35.2 Å². The van der Waals surface area contributed by atoms with Crippen LogP contribution in [0.25, 0.3) is 0 Å². The van der Waals surface area contributed by atoms with Crippen LogP contribution in [0.2, 0.25) is 0 Å². The number of hydrogen-bond donors (Lipinski definition) is 1. The second-order valence-corrected chi connectivity index (χ2v) is 13.3. The molecule has 0 spiro atoms. The zero-order chi connectivity index (χ0) is 28.2. The first-order valence-electron chi connectivity index (χ1n) is 13.1. The molecule has 40 heavy (non-hydrogen) atoms. The first-order valence-corrected chi connectivity index (χ1v) is 16.0. The van der Waals surface area contributed by atoms with Gasteiger partial charge in [0.05, 0.1) is 28.6 Å². The summed E-state index contributed by atoms with van der Waals surface area (Å²) in [5, 5.41) is 2.73. The number of amides is 1. The normalized spacial score (nSPS) is 17.9. The Morgan fingerprint density at radius 3 is 2.20 bits per heavy atom. The Labute approximate surface area is 234 Å². The fourth-order valence-corrected chi connectivity index (χ4v) is 7.72. The minimum atomic E-state index is -3.92. The van der Waals surface area contributed by atoms with E-state index in [-0.39, 0.29) is 29.5 Å². The van der Waals surface area contributed by atoms with E-state index in [2.05, 4.69) is 5.32 Å². The summed E-state index contributed by atoms with van der Waals surface area (Å²) < 4.78 is 66.6. The number of nitrogens with one attached hydrogen (secondary N) is 1. The van der Waals surface area contributed by atoms with Crippen LogP contribution in [0.5, 0.6) is 11.5 Å². The van der Waals surface area contributed by atoms with Gasteiger partial charge in [-0.2, -0.15) is 4.31 Å². The topological polar surface area (TPSA) is 122 Å². The van der Waals surface area contributed by atoms with Gasteiger partial charge in [-0.05, 0) is 61.4 Å². The highest BCUT2D eigenvalue weighted by atomic mass is 32.2. The maximum atomic E-state index is 13.4. The molecule has 0 aliphatic carbocycles. The number of ether oxygens (including phenoxy) is 2. The van der Waals surface area contributed by atoms with Gasteiger partial charge in [-0.25, -0.2) is 16.8 Å². The van der Waals surface area contributed by atoms with Crippen LogP contribution in [0.1, 0.15) is 19.3 Å². The molecular formula is C28H31N3O7S2. The summed E-state index contributed by atoms with van der Waals surface area (Å²) >= 11 is 0. The number of carbonyl (C=O) groups is 1. The van der Waals surface area contributed by atoms with Gasteiger partial charge in [0, 0.05) is 13.1 Å². The maximum absolute atomic E-state index is 13.4. The van der Waals surface area contributed by atoms with Gasteiger partial charge in [-0.3, -0.25) is 9.10 Å². The molecule has 1 saturated heterocycles. The molecular weight excluding hydrogens is 554 g/mol. The quantitative estimate of drug-likeness (QED) is 0.383. The zero-order valence-corrected chi connectivity index (χ0v) is 23.4. The van der Waals surface area contributed by atoms with Gasteiger partial charge in [0.25, 0.3) is 15.9 Å². The van der Waals surface area contributed by atoms with Gasteiger partial charge in [0.1, 0.15) is 18.1 Å². The molecule has 2 aliphatic rings. The number of fused-ring (bicyclic) bond motifs is 1. The van der Waals surface area contributed by atoms with Crippen LogP contribution in [0.4, 0.5) is 5.69 Å². The number of carbonyl (C=O) groups excluding carboxylic acids is 1. The lowest BCUT2D eigenvalue weighted by atomic mass is 10.2. The van der Waals surface area contributed by atoms with Crippen LogP contribution in [-0.4, -0.2) is 65.9 Å². The number of sulfonamides is 2. The van der Waals surface area contributed by atoms with E-state index in [9.17, 15) is 21.6 Å². The van der Waals surface area contributed by atoms with Crippen LogP contribution in [0.3, 0.4) is 0 Å². The van der Waals surface area contributed by atoms with Crippen LogP contribution in [0.15, 0.2) is 88.7 Å². The standard InChI is InChI=1S/C28H31N3O7S2/c32-28(29-17-20-37-22-13-15-24(16-14-22)39(33,34)30-18-7-2-8-19-30)27-21-31(25-11-5-6-12-26(25)38-27)40(35,36)23-9-3-1-4-10-23/h1,3-6,9-16,27H,2,7-8,17-21H2,(H,29,32)/t27-/m1/s1. The molecule has 3 aromatic carbocycles. The number of anilines is 1. The number of nitrogens with zero attached hydrogens (tertiary/aromatic N) is 2. The fraction of sp³-hybridized carbons (Fsp3) is 0.321. The minimum Gasteiger partial charge on any atom is -0.492 e. The first-order chi connectivity index (χ1) is 19.3. The molecule has 12 heteroatoms. The Bertz CT molecular complexity index is 1540. The third-order valence-corrected chi connectivity index (χ3v) is 10.5. The summed E-state index contributed by atoms with van der Waals surface area (Å²) in [5.41, 5.74) is 0.365. The van der Waals surface area contributed by atoms with Crippen molar-refractivity contribution in [2.24, 2.45) is 0 Å². The van der Waals surface area contributed by atoms with Crippen molar-refractivity contribution in [1.82, 2.24) is 9.62 Å². The Hall–Kier alpha value is -3.61. The van der Waals surface area contributed by atoms with Crippen molar-refractivity contribution in [3.63, 3.8) is 0 Å². The molecule has 1 amide bonds. The van der Waals surface area contributed by atoms with Gasteiger partial charge in [-0.1, -0.05) is 36.8 Å². The number of rotatable bonds is 9. The van der Waals surface area contributed by atoms with E-state index in [0.717, 1.165) is 19.3 Å². The van der Waals surface area contributed by atoms with E-state index in [1.165, 1.54) is 32.9 Å². The number of hydrogen-bond acceptors (Lipinski definition) is 7. The fourth-order valence-electron chi connectivity index (χ4n) is 4.71. The highest BCUT2D eigenvalue weighted by Crippen LogP contribution is 2.36. The third kappa shape index (κ3) is 5.93. The lowest BCUT2D eigenvalue weighted by Gasteiger charge is -2.34. The molecule has 212 valence electrons. The van der Waals surface area contributed by atoms with E-state index in [1.54, 1.807) is 54.6 Å². The van der Waals surface area contributed by atoms with Crippen LogP contribution in [-0.2, 0) is 24.8 Å². The zero-order valence-electron chi connectivity index (χ0n) is 21.8. The number of benzene rings is 3. The average molecular weight is 586 g/mol. The molecule has 0 aromatic heterocycles. The molecule has 1 N–H and O–H groups in total. The van der Waals surface area contributed by atoms with E-state index in [0.29, 0.717) is 30.3 Å². The molecule has 10 nitrogen and oxygen atoms in total. The van der Waals surface area contributed by atoms with Crippen molar-refractivity contribution < 1.29 is 31.1 Å². The lowest BCUT2D eigenvalue weighted by Crippen LogP contribution is -2.51. The summed E-state index contributed by atoms with van der Waals surface area (Å²) in [6.07, 6.45) is 1.71. The summed E-state index contributed by atoms with van der Waals surface area (Å²) in [4.78, 5) is 13.3. The van der Waals surface area contributed by atoms with Crippen LogP contribution >= 0.6 is 0 Å². The SMILES string of the molecule is O=C(NCCOc1ccc(S(=O)(=O)N2CCCCC2)cc1)[C@H]1CN(S(=O)(=O)c2ccccc2)c2ccccc2O1. The monoisotopic (exact) mass is 585 g/mol. The molecule has 1 fully saturated rings. The van der Waals surface area contributed by atoms with Gasteiger partial charge < -0.3 is 14.8 Å². The molecule has 3 aromatic rings. The minimum absolute atomic E-state index is 0.119. The predicted octanol–water partition coefficient (Wildman–Crippen LogP) is 3.01. The molecule has 2 aliphatic heterocycles. The van der Waals surface area contributed by atoms with E-state index >= 15 is 0 Å². The Morgan fingerprint density at radius 2 is 1.48 bits per heavy atom. The summed E-state index contributed by atoms with van der Waals surface area (Å²) in [6.45, 7) is 1.14. The predicted molar refractivity (Wildman–Crippen MR) is 149 cm³/mol. The second kappa shape index (κ2) is 11.9. The largest absolute Gasteiger partial charge is 0.492 e. The van der Waals surface area contributed by atoms with Crippen molar-refractivity contribution in [1.29, 1.82) is 0 Å².